The number of hydrogen-bond acceptors (Lipinski definition) is 2. The Labute approximate surface area is 143 Å². The number of nitriles is 1. The number of rotatable bonds is 4. The lowest BCUT2D eigenvalue weighted by molar-refractivity contribution is 0.116. The molecule has 0 N–H and O–H groups in total. The first-order valence-corrected chi connectivity index (χ1v) is 8.52. The third-order valence-electron chi connectivity index (χ3n) is 5.09. The quantitative estimate of drug-likeness (QED) is 0.791. The van der Waals surface area contributed by atoms with Gasteiger partial charge in [0, 0.05) is 13.0 Å². The molecule has 3 rings (SSSR count). The lowest BCUT2D eigenvalue weighted by Gasteiger charge is -2.38. The predicted octanol–water partition coefficient (Wildman–Crippen LogP) is 5.01. The van der Waals surface area contributed by atoms with E-state index in [4.69, 9.17) is 5.26 Å². The van der Waals surface area contributed by atoms with E-state index in [0.29, 0.717) is 6.42 Å². The number of benzene rings is 2. The SMILES string of the molecule is CC1(CC#N)CCN(Cc2ccc(-c3cccc(F)c3)cc2)CC1. The third-order valence-corrected chi connectivity index (χ3v) is 5.09. The second-order valence-electron chi connectivity index (χ2n) is 7.13. The van der Waals surface area contributed by atoms with Crippen LogP contribution in [-0.2, 0) is 6.54 Å². The molecule has 24 heavy (non-hydrogen) atoms. The van der Waals surface area contributed by atoms with Crippen LogP contribution in [0.25, 0.3) is 11.1 Å². The minimum absolute atomic E-state index is 0.187. The van der Waals surface area contributed by atoms with Crippen molar-refractivity contribution in [2.24, 2.45) is 5.41 Å². The number of nitrogens with zero attached hydrogens (tertiary/aromatic N) is 2. The van der Waals surface area contributed by atoms with Crippen molar-refractivity contribution in [2.45, 2.75) is 32.7 Å². The molecule has 0 aliphatic carbocycles. The molecule has 2 aromatic rings. The Morgan fingerprint density at radius 3 is 2.42 bits per heavy atom. The molecule has 0 saturated carbocycles. The van der Waals surface area contributed by atoms with Crippen LogP contribution in [0.1, 0.15) is 31.7 Å². The van der Waals surface area contributed by atoms with Gasteiger partial charge in [0.2, 0.25) is 0 Å². The molecule has 1 saturated heterocycles. The molecule has 0 radical (unpaired) electrons. The van der Waals surface area contributed by atoms with E-state index in [2.05, 4.69) is 42.2 Å². The van der Waals surface area contributed by atoms with Crippen LogP contribution in [0, 0.1) is 22.6 Å². The van der Waals surface area contributed by atoms with E-state index in [1.54, 1.807) is 12.1 Å². The Morgan fingerprint density at radius 2 is 1.79 bits per heavy atom. The van der Waals surface area contributed by atoms with Crippen molar-refractivity contribution in [1.29, 1.82) is 5.26 Å². The van der Waals surface area contributed by atoms with E-state index in [0.717, 1.165) is 43.6 Å². The topological polar surface area (TPSA) is 27.0 Å². The van der Waals surface area contributed by atoms with Crippen LogP contribution in [0.2, 0.25) is 0 Å². The third kappa shape index (κ3) is 4.01. The van der Waals surface area contributed by atoms with Gasteiger partial charge in [0.05, 0.1) is 6.07 Å². The van der Waals surface area contributed by atoms with Crippen molar-refractivity contribution in [1.82, 2.24) is 4.90 Å². The van der Waals surface area contributed by atoms with Gasteiger partial charge in [-0.05, 0) is 60.2 Å². The maximum absolute atomic E-state index is 13.3. The molecule has 0 unspecified atom stereocenters. The van der Waals surface area contributed by atoms with Crippen LogP contribution in [0.4, 0.5) is 4.39 Å². The van der Waals surface area contributed by atoms with E-state index in [9.17, 15) is 4.39 Å². The molecule has 0 aromatic heterocycles. The van der Waals surface area contributed by atoms with Crippen LogP contribution in [0.15, 0.2) is 48.5 Å². The molecule has 0 spiro atoms. The summed E-state index contributed by atoms with van der Waals surface area (Å²) in [5, 5.41) is 8.93. The van der Waals surface area contributed by atoms with Crippen LogP contribution in [0.3, 0.4) is 0 Å². The van der Waals surface area contributed by atoms with Crippen molar-refractivity contribution in [2.75, 3.05) is 13.1 Å². The van der Waals surface area contributed by atoms with E-state index < -0.39 is 0 Å². The number of halogens is 1. The summed E-state index contributed by atoms with van der Waals surface area (Å²) >= 11 is 0. The second kappa shape index (κ2) is 7.15. The van der Waals surface area contributed by atoms with Gasteiger partial charge in [-0.25, -0.2) is 4.39 Å². The highest BCUT2D eigenvalue weighted by Crippen LogP contribution is 2.34. The average molecular weight is 322 g/mol. The zero-order valence-corrected chi connectivity index (χ0v) is 14.1. The highest BCUT2D eigenvalue weighted by Gasteiger charge is 2.29. The molecule has 1 heterocycles. The van der Waals surface area contributed by atoms with Crippen molar-refractivity contribution < 1.29 is 4.39 Å². The number of likely N-dealkylation sites (tertiary alicyclic amines) is 1. The fraction of sp³-hybridized carbons (Fsp3) is 0.381. The van der Waals surface area contributed by atoms with Crippen LogP contribution < -0.4 is 0 Å². The summed E-state index contributed by atoms with van der Waals surface area (Å²) < 4.78 is 13.3. The van der Waals surface area contributed by atoms with Gasteiger partial charge < -0.3 is 0 Å². The van der Waals surface area contributed by atoms with Crippen molar-refractivity contribution in [3.63, 3.8) is 0 Å². The lowest BCUT2D eigenvalue weighted by Crippen LogP contribution is -2.38. The lowest BCUT2D eigenvalue weighted by atomic mass is 9.78. The van der Waals surface area contributed by atoms with Gasteiger partial charge in [-0.15, -0.1) is 0 Å². The second-order valence-corrected chi connectivity index (χ2v) is 7.13. The van der Waals surface area contributed by atoms with Gasteiger partial charge in [0.25, 0.3) is 0 Å². The monoisotopic (exact) mass is 322 g/mol. The first kappa shape index (κ1) is 16.7. The zero-order valence-electron chi connectivity index (χ0n) is 14.1. The Bertz CT molecular complexity index is 722. The van der Waals surface area contributed by atoms with E-state index in [1.807, 2.05) is 6.07 Å². The standard InChI is InChI=1S/C21H23FN2/c1-21(9-12-23)10-13-24(14-11-21)16-17-5-7-18(8-6-17)19-3-2-4-20(22)15-19/h2-8,15H,9-11,13-14,16H2,1H3. The summed E-state index contributed by atoms with van der Waals surface area (Å²) in [5.74, 6) is -0.203. The first-order chi connectivity index (χ1) is 11.6. The molecule has 0 amide bonds. The minimum atomic E-state index is -0.203. The molecule has 1 aliphatic rings. The molecule has 0 bridgehead atoms. The molecular weight excluding hydrogens is 299 g/mol. The van der Waals surface area contributed by atoms with Crippen molar-refractivity contribution >= 4 is 0 Å². The minimum Gasteiger partial charge on any atom is -0.299 e. The summed E-state index contributed by atoms with van der Waals surface area (Å²) in [7, 11) is 0. The van der Waals surface area contributed by atoms with Crippen molar-refractivity contribution in [3.05, 3.63) is 59.9 Å². The fourth-order valence-electron chi connectivity index (χ4n) is 3.35. The maximum Gasteiger partial charge on any atom is 0.123 e. The molecule has 3 heteroatoms. The summed E-state index contributed by atoms with van der Waals surface area (Å²) in [4.78, 5) is 2.45. The normalized spacial score (nSPS) is 17.4. The van der Waals surface area contributed by atoms with Crippen LogP contribution >= 0.6 is 0 Å². The van der Waals surface area contributed by atoms with Gasteiger partial charge >= 0.3 is 0 Å². The van der Waals surface area contributed by atoms with Gasteiger partial charge in [-0.1, -0.05) is 43.3 Å². The Balaban J connectivity index is 1.60. The highest BCUT2D eigenvalue weighted by atomic mass is 19.1. The molecule has 1 fully saturated rings. The largest absolute Gasteiger partial charge is 0.299 e. The average Bonchev–Trinajstić information content (AvgIpc) is 2.58. The van der Waals surface area contributed by atoms with Crippen LogP contribution in [0.5, 0.6) is 0 Å². The van der Waals surface area contributed by atoms with E-state index in [1.165, 1.54) is 11.6 Å². The van der Waals surface area contributed by atoms with Crippen molar-refractivity contribution in [3.8, 4) is 17.2 Å². The first-order valence-electron chi connectivity index (χ1n) is 8.52. The van der Waals surface area contributed by atoms with E-state index in [-0.39, 0.29) is 11.2 Å². The van der Waals surface area contributed by atoms with Gasteiger partial charge in [0.1, 0.15) is 5.82 Å². The van der Waals surface area contributed by atoms with E-state index >= 15 is 0 Å². The predicted molar refractivity (Wildman–Crippen MR) is 94.7 cm³/mol. The smallest absolute Gasteiger partial charge is 0.123 e. The van der Waals surface area contributed by atoms with Gasteiger partial charge in [-0.2, -0.15) is 5.26 Å². The Morgan fingerprint density at radius 1 is 1.08 bits per heavy atom. The molecule has 0 atom stereocenters. The van der Waals surface area contributed by atoms with Gasteiger partial charge in [0.15, 0.2) is 0 Å². The Hall–Kier alpha value is -2.18. The summed E-state index contributed by atoms with van der Waals surface area (Å²) in [6, 6.07) is 17.4. The number of piperidine rings is 1. The number of hydrogen-bond donors (Lipinski definition) is 0. The molecule has 2 aromatic carbocycles. The zero-order chi connectivity index (χ0) is 17.0. The Kier molecular flexibility index (Phi) is 4.97. The summed E-state index contributed by atoms with van der Waals surface area (Å²) in [6.45, 7) is 5.25. The molecule has 2 nitrogen and oxygen atoms in total. The fourth-order valence-corrected chi connectivity index (χ4v) is 3.35. The molecule has 124 valence electrons. The summed E-state index contributed by atoms with van der Waals surface area (Å²) in [5.41, 5.74) is 3.41. The highest BCUT2D eigenvalue weighted by molar-refractivity contribution is 5.63. The van der Waals surface area contributed by atoms with Gasteiger partial charge in [-0.3, -0.25) is 4.90 Å². The molecular formula is C21H23FN2. The maximum atomic E-state index is 13.3. The van der Waals surface area contributed by atoms with Crippen LogP contribution in [-0.4, -0.2) is 18.0 Å². The molecule has 1 aliphatic heterocycles. The summed E-state index contributed by atoms with van der Waals surface area (Å²) in [6.07, 6.45) is 2.83.